The molecule has 0 aliphatic heterocycles. The van der Waals surface area contributed by atoms with Crippen molar-refractivity contribution in [2.45, 2.75) is 19.4 Å². The molecule has 118 valence electrons. The van der Waals surface area contributed by atoms with Crippen LogP contribution in [0.3, 0.4) is 0 Å². The minimum atomic E-state index is -0.152. The van der Waals surface area contributed by atoms with Crippen LogP contribution in [-0.4, -0.2) is 42.7 Å². The summed E-state index contributed by atoms with van der Waals surface area (Å²) < 4.78 is 7.07. The van der Waals surface area contributed by atoms with Crippen molar-refractivity contribution in [1.82, 2.24) is 35.6 Å². The Labute approximate surface area is 133 Å². The summed E-state index contributed by atoms with van der Waals surface area (Å²) in [5, 5.41) is 22.3. The van der Waals surface area contributed by atoms with E-state index in [2.05, 4.69) is 37.5 Å². The SMILES string of the molecule is C=CCc1cc(-c2cn(C(C)c3nn[nH]n3)nn2)ccc1OC. The summed E-state index contributed by atoms with van der Waals surface area (Å²) in [4.78, 5) is 0. The summed E-state index contributed by atoms with van der Waals surface area (Å²) in [6.07, 6.45) is 4.43. The van der Waals surface area contributed by atoms with Crippen LogP contribution in [-0.2, 0) is 6.42 Å². The molecule has 1 aromatic carbocycles. The van der Waals surface area contributed by atoms with Crippen molar-refractivity contribution >= 4 is 0 Å². The lowest BCUT2D eigenvalue weighted by Gasteiger charge is -2.08. The van der Waals surface area contributed by atoms with Crippen LogP contribution in [0.25, 0.3) is 11.3 Å². The molecule has 2 heterocycles. The summed E-state index contributed by atoms with van der Waals surface area (Å²) in [7, 11) is 1.66. The molecular weight excluding hydrogens is 294 g/mol. The van der Waals surface area contributed by atoms with E-state index in [0.29, 0.717) is 5.82 Å². The first-order valence-electron chi connectivity index (χ1n) is 7.16. The first-order valence-corrected chi connectivity index (χ1v) is 7.16. The number of nitrogens with one attached hydrogen (secondary N) is 1. The van der Waals surface area contributed by atoms with Gasteiger partial charge in [0.25, 0.3) is 0 Å². The highest BCUT2D eigenvalue weighted by molar-refractivity contribution is 5.61. The molecule has 2 aromatic heterocycles. The summed E-state index contributed by atoms with van der Waals surface area (Å²) >= 11 is 0. The lowest BCUT2D eigenvalue weighted by Crippen LogP contribution is -2.09. The van der Waals surface area contributed by atoms with Crippen LogP contribution >= 0.6 is 0 Å². The highest BCUT2D eigenvalue weighted by Gasteiger charge is 2.15. The van der Waals surface area contributed by atoms with Gasteiger partial charge >= 0.3 is 0 Å². The molecule has 0 radical (unpaired) electrons. The molecule has 8 heteroatoms. The average Bonchev–Trinajstić information content (AvgIpc) is 3.26. The predicted molar refractivity (Wildman–Crippen MR) is 83.9 cm³/mol. The Hall–Kier alpha value is -3.03. The molecule has 0 saturated carbocycles. The highest BCUT2D eigenvalue weighted by Crippen LogP contribution is 2.26. The predicted octanol–water partition coefficient (Wildman–Crippen LogP) is 1.80. The third kappa shape index (κ3) is 2.96. The highest BCUT2D eigenvalue weighted by atomic mass is 16.5. The number of methoxy groups -OCH3 is 1. The molecule has 8 nitrogen and oxygen atoms in total. The van der Waals surface area contributed by atoms with Crippen LogP contribution in [0.5, 0.6) is 5.75 Å². The number of tetrazole rings is 1. The standard InChI is InChI=1S/C15H17N7O/c1-4-5-12-8-11(6-7-14(12)23-3)13-9-22(21-16-13)10(2)15-17-19-20-18-15/h4,6-10H,1,5H2,2-3H3,(H,17,18,19,20). The third-order valence-electron chi connectivity index (χ3n) is 3.58. The fourth-order valence-electron chi connectivity index (χ4n) is 2.32. The number of aromatic amines is 1. The Balaban J connectivity index is 1.91. The Morgan fingerprint density at radius 3 is 2.96 bits per heavy atom. The monoisotopic (exact) mass is 311 g/mol. The summed E-state index contributed by atoms with van der Waals surface area (Å²) in [5.74, 6) is 1.39. The summed E-state index contributed by atoms with van der Waals surface area (Å²) in [6.45, 7) is 5.71. The van der Waals surface area contributed by atoms with Crippen LogP contribution in [0.1, 0.15) is 24.4 Å². The molecule has 1 atom stereocenters. The fraction of sp³-hybridized carbons (Fsp3) is 0.267. The third-order valence-corrected chi connectivity index (χ3v) is 3.58. The topological polar surface area (TPSA) is 94.4 Å². The van der Waals surface area contributed by atoms with Gasteiger partial charge < -0.3 is 4.74 Å². The maximum Gasteiger partial charge on any atom is 0.198 e. The Morgan fingerprint density at radius 2 is 2.26 bits per heavy atom. The molecule has 1 unspecified atom stereocenters. The molecule has 1 N–H and O–H groups in total. The van der Waals surface area contributed by atoms with Crippen molar-refractivity contribution in [1.29, 1.82) is 0 Å². The van der Waals surface area contributed by atoms with E-state index in [0.717, 1.165) is 29.0 Å². The van der Waals surface area contributed by atoms with Gasteiger partial charge in [0, 0.05) is 5.56 Å². The number of rotatable bonds is 6. The normalized spacial score (nSPS) is 12.1. The second-order valence-electron chi connectivity index (χ2n) is 5.05. The summed E-state index contributed by atoms with van der Waals surface area (Å²) in [6, 6.07) is 5.77. The maximum absolute atomic E-state index is 5.37. The van der Waals surface area contributed by atoms with E-state index in [1.54, 1.807) is 11.8 Å². The number of benzene rings is 1. The number of ether oxygens (including phenoxy) is 1. The average molecular weight is 311 g/mol. The van der Waals surface area contributed by atoms with Gasteiger partial charge in [-0.15, -0.1) is 21.9 Å². The molecular formula is C15H17N7O. The van der Waals surface area contributed by atoms with E-state index >= 15 is 0 Å². The molecule has 3 aromatic rings. The fourth-order valence-corrected chi connectivity index (χ4v) is 2.32. The molecule has 3 rings (SSSR count). The van der Waals surface area contributed by atoms with Gasteiger partial charge in [-0.2, -0.15) is 5.21 Å². The second-order valence-corrected chi connectivity index (χ2v) is 5.05. The first kappa shape index (κ1) is 14.9. The zero-order valence-corrected chi connectivity index (χ0v) is 13.0. The van der Waals surface area contributed by atoms with Crippen LogP contribution in [0, 0.1) is 0 Å². The molecule has 0 amide bonds. The van der Waals surface area contributed by atoms with E-state index in [1.165, 1.54) is 0 Å². The number of hydrogen-bond acceptors (Lipinski definition) is 6. The van der Waals surface area contributed by atoms with Crippen molar-refractivity contribution in [3.8, 4) is 17.0 Å². The number of aromatic nitrogens is 7. The van der Waals surface area contributed by atoms with Crippen LogP contribution in [0.2, 0.25) is 0 Å². The largest absolute Gasteiger partial charge is 0.496 e. The Kier molecular flexibility index (Phi) is 4.13. The smallest absolute Gasteiger partial charge is 0.198 e. The van der Waals surface area contributed by atoms with Gasteiger partial charge in [-0.05, 0) is 37.1 Å². The van der Waals surface area contributed by atoms with Crippen molar-refractivity contribution < 1.29 is 4.74 Å². The van der Waals surface area contributed by atoms with E-state index in [4.69, 9.17) is 4.74 Å². The maximum atomic E-state index is 5.37. The Bertz CT molecular complexity index is 794. The first-order chi connectivity index (χ1) is 11.2. The minimum absolute atomic E-state index is 0.152. The molecule has 0 bridgehead atoms. The van der Waals surface area contributed by atoms with Crippen LogP contribution in [0.4, 0.5) is 0 Å². The van der Waals surface area contributed by atoms with Crippen LogP contribution < -0.4 is 4.74 Å². The summed E-state index contributed by atoms with van der Waals surface area (Å²) in [5.41, 5.74) is 2.79. The van der Waals surface area contributed by atoms with E-state index in [-0.39, 0.29) is 6.04 Å². The van der Waals surface area contributed by atoms with E-state index in [1.807, 2.05) is 37.4 Å². The van der Waals surface area contributed by atoms with Gasteiger partial charge in [-0.1, -0.05) is 16.5 Å². The number of allylic oxidation sites excluding steroid dienone is 1. The van der Waals surface area contributed by atoms with E-state index in [9.17, 15) is 0 Å². The van der Waals surface area contributed by atoms with Gasteiger partial charge in [0.2, 0.25) is 0 Å². The van der Waals surface area contributed by atoms with Crippen molar-refractivity contribution in [3.63, 3.8) is 0 Å². The molecule has 0 spiro atoms. The quantitative estimate of drug-likeness (QED) is 0.698. The van der Waals surface area contributed by atoms with Crippen LogP contribution in [0.15, 0.2) is 37.1 Å². The van der Waals surface area contributed by atoms with Gasteiger partial charge in [0.1, 0.15) is 17.5 Å². The zero-order chi connectivity index (χ0) is 16.2. The molecule has 23 heavy (non-hydrogen) atoms. The molecule has 0 aliphatic carbocycles. The molecule has 0 fully saturated rings. The van der Waals surface area contributed by atoms with Gasteiger partial charge in [-0.25, -0.2) is 4.68 Å². The van der Waals surface area contributed by atoms with E-state index < -0.39 is 0 Å². The van der Waals surface area contributed by atoms with Crippen molar-refractivity contribution in [3.05, 3.63) is 48.4 Å². The lowest BCUT2D eigenvalue weighted by atomic mass is 10.1. The number of nitrogens with zero attached hydrogens (tertiary/aromatic N) is 6. The second kappa shape index (κ2) is 6.39. The minimum Gasteiger partial charge on any atom is -0.496 e. The van der Waals surface area contributed by atoms with Gasteiger partial charge in [-0.3, -0.25) is 0 Å². The van der Waals surface area contributed by atoms with Crippen molar-refractivity contribution in [2.75, 3.05) is 7.11 Å². The van der Waals surface area contributed by atoms with Gasteiger partial charge in [0.05, 0.1) is 13.3 Å². The van der Waals surface area contributed by atoms with Gasteiger partial charge in [0.15, 0.2) is 5.82 Å². The molecule has 0 aliphatic rings. The lowest BCUT2D eigenvalue weighted by molar-refractivity contribution is 0.411. The Morgan fingerprint density at radius 1 is 1.39 bits per heavy atom. The molecule has 0 saturated heterocycles. The number of hydrogen-bond donors (Lipinski definition) is 1. The van der Waals surface area contributed by atoms with Crippen molar-refractivity contribution in [2.24, 2.45) is 0 Å². The number of H-pyrrole nitrogens is 1. The zero-order valence-electron chi connectivity index (χ0n) is 13.0.